The second-order valence-corrected chi connectivity index (χ2v) is 6.72. The standard InChI is InChI=1S/C18H19N3O3/c1-11-8-15(24-20-11)10-21-16(22)18(2,19-17(21)23)14-7-6-12-4-3-5-13(12)9-14/h6-9H,3-5,10H2,1-2H3,(H,19,23). The third-order valence-corrected chi connectivity index (χ3v) is 4.94. The predicted molar refractivity (Wildman–Crippen MR) is 86.1 cm³/mol. The molecule has 24 heavy (non-hydrogen) atoms. The Morgan fingerprint density at radius 1 is 1.25 bits per heavy atom. The number of hydrogen-bond acceptors (Lipinski definition) is 4. The molecule has 1 unspecified atom stereocenters. The van der Waals surface area contributed by atoms with Crippen LogP contribution in [0.4, 0.5) is 4.79 Å². The van der Waals surface area contributed by atoms with Gasteiger partial charge in [-0.1, -0.05) is 23.4 Å². The van der Waals surface area contributed by atoms with Crippen molar-refractivity contribution in [3.05, 3.63) is 52.4 Å². The summed E-state index contributed by atoms with van der Waals surface area (Å²) in [5.74, 6) is 0.230. The molecule has 3 amide bonds. The molecule has 124 valence electrons. The Labute approximate surface area is 139 Å². The Bertz CT molecular complexity index is 842. The van der Waals surface area contributed by atoms with Crippen LogP contribution in [0.1, 0.15) is 41.5 Å². The highest BCUT2D eigenvalue weighted by Crippen LogP contribution is 2.33. The number of rotatable bonds is 3. The summed E-state index contributed by atoms with van der Waals surface area (Å²) in [5, 5.41) is 6.64. The van der Waals surface area contributed by atoms with Crippen LogP contribution in [0.3, 0.4) is 0 Å². The van der Waals surface area contributed by atoms with Gasteiger partial charge >= 0.3 is 6.03 Å². The summed E-state index contributed by atoms with van der Waals surface area (Å²) in [4.78, 5) is 26.5. The van der Waals surface area contributed by atoms with E-state index in [-0.39, 0.29) is 12.5 Å². The van der Waals surface area contributed by atoms with Gasteiger partial charge in [-0.3, -0.25) is 9.69 Å². The maximum atomic E-state index is 12.9. The minimum absolute atomic E-state index is 0.0893. The molecule has 2 aromatic rings. The molecule has 1 N–H and O–H groups in total. The molecule has 1 saturated heterocycles. The van der Waals surface area contributed by atoms with Crippen LogP contribution in [-0.2, 0) is 29.7 Å². The summed E-state index contributed by atoms with van der Waals surface area (Å²) < 4.78 is 5.13. The number of aromatic nitrogens is 1. The highest BCUT2D eigenvalue weighted by molar-refractivity contribution is 6.07. The lowest BCUT2D eigenvalue weighted by molar-refractivity contribution is -0.131. The zero-order chi connectivity index (χ0) is 16.9. The van der Waals surface area contributed by atoms with Crippen LogP contribution in [0.15, 0.2) is 28.8 Å². The minimum atomic E-state index is -1.04. The summed E-state index contributed by atoms with van der Waals surface area (Å²) in [6, 6.07) is 7.40. The van der Waals surface area contributed by atoms with Gasteiger partial charge in [0.15, 0.2) is 5.76 Å². The molecule has 1 aromatic carbocycles. The fourth-order valence-electron chi connectivity index (χ4n) is 3.57. The van der Waals surface area contributed by atoms with Crippen LogP contribution in [0.25, 0.3) is 0 Å². The average molecular weight is 325 g/mol. The smallest absolute Gasteiger partial charge is 0.325 e. The molecule has 0 bridgehead atoms. The molecule has 6 nitrogen and oxygen atoms in total. The highest BCUT2D eigenvalue weighted by Gasteiger charge is 2.49. The Balaban J connectivity index is 1.64. The highest BCUT2D eigenvalue weighted by atomic mass is 16.5. The first-order valence-corrected chi connectivity index (χ1v) is 8.16. The van der Waals surface area contributed by atoms with Crippen LogP contribution >= 0.6 is 0 Å². The van der Waals surface area contributed by atoms with Gasteiger partial charge in [-0.25, -0.2) is 4.79 Å². The van der Waals surface area contributed by atoms with E-state index in [0.717, 1.165) is 30.5 Å². The van der Waals surface area contributed by atoms with Crippen LogP contribution in [0.5, 0.6) is 0 Å². The maximum Gasteiger partial charge on any atom is 0.325 e. The number of imide groups is 1. The average Bonchev–Trinajstić information content (AvgIpc) is 3.23. The van der Waals surface area contributed by atoms with E-state index in [2.05, 4.69) is 22.6 Å². The van der Waals surface area contributed by atoms with Gasteiger partial charge in [-0.15, -0.1) is 0 Å². The Morgan fingerprint density at radius 3 is 2.79 bits per heavy atom. The molecule has 2 aliphatic rings. The SMILES string of the molecule is Cc1cc(CN2C(=O)NC(C)(c3ccc4c(c3)CCC4)C2=O)on1. The van der Waals surface area contributed by atoms with Gasteiger partial charge in [0.25, 0.3) is 5.91 Å². The summed E-state index contributed by atoms with van der Waals surface area (Å²) in [6.45, 7) is 3.65. The number of hydrogen-bond donors (Lipinski definition) is 1. The van der Waals surface area contributed by atoms with Crippen molar-refractivity contribution in [1.29, 1.82) is 0 Å². The van der Waals surface area contributed by atoms with E-state index in [0.29, 0.717) is 5.76 Å². The topological polar surface area (TPSA) is 75.4 Å². The zero-order valence-corrected chi connectivity index (χ0v) is 13.8. The number of aryl methyl sites for hydroxylation is 3. The lowest BCUT2D eigenvalue weighted by Crippen LogP contribution is -2.40. The Hall–Kier alpha value is -2.63. The molecule has 2 heterocycles. The normalized spacial score (nSPS) is 22.8. The fraction of sp³-hybridized carbons (Fsp3) is 0.389. The molecule has 6 heteroatoms. The van der Waals surface area contributed by atoms with Crippen molar-refractivity contribution in [3.8, 4) is 0 Å². The lowest BCUT2D eigenvalue weighted by Gasteiger charge is -2.23. The Morgan fingerprint density at radius 2 is 2.04 bits per heavy atom. The van der Waals surface area contributed by atoms with Gasteiger partial charge in [0.2, 0.25) is 0 Å². The summed E-state index contributed by atoms with van der Waals surface area (Å²) in [5.41, 5.74) is 3.13. The van der Waals surface area contributed by atoms with E-state index < -0.39 is 11.6 Å². The maximum absolute atomic E-state index is 12.9. The van der Waals surface area contributed by atoms with E-state index in [1.54, 1.807) is 19.9 Å². The van der Waals surface area contributed by atoms with E-state index >= 15 is 0 Å². The first kappa shape index (κ1) is 14.9. The number of benzene rings is 1. The number of nitrogens with one attached hydrogen (secondary N) is 1. The van der Waals surface area contributed by atoms with Crippen LogP contribution < -0.4 is 5.32 Å². The van der Waals surface area contributed by atoms with E-state index in [9.17, 15) is 9.59 Å². The van der Waals surface area contributed by atoms with E-state index in [1.807, 2.05) is 6.07 Å². The third kappa shape index (κ3) is 2.21. The van der Waals surface area contributed by atoms with Crippen molar-refractivity contribution in [1.82, 2.24) is 15.4 Å². The number of amides is 3. The number of fused-ring (bicyclic) bond motifs is 1. The van der Waals surface area contributed by atoms with E-state index in [4.69, 9.17) is 4.52 Å². The molecule has 1 aromatic heterocycles. The third-order valence-electron chi connectivity index (χ3n) is 4.94. The van der Waals surface area contributed by atoms with Crippen LogP contribution in [0, 0.1) is 6.92 Å². The molecule has 1 aliphatic carbocycles. The monoisotopic (exact) mass is 325 g/mol. The molecule has 1 aliphatic heterocycles. The number of nitrogens with zero attached hydrogens (tertiary/aromatic N) is 2. The van der Waals surface area contributed by atoms with Gasteiger partial charge in [-0.05, 0) is 49.8 Å². The molecule has 0 spiro atoms. The predicted octanol–water partition coefficient (Wildman–Crippen LogP) is 2.44. The largest absolute Gasteiger partial charge is 0.359 e. The molecule has 1 atom stereocenters. The molecular weight excluding hydrogens is 306 g/mol. The molecule has 0 saturated carbocycles. The Kier molecular flexibility index (Phi) is 3.23. The quantitative estimate of drug-likeness (QED) is 0.880. The zero-order valence-electron chi connectivity index (χ0n) is 13.8. The molecular formula is C18H19N3O3. The second-order valence-electron chi connectivity index (χ2n) is 6.72. The molecule has 0 radical (unpaired) electrons. The van der Waals surface area contributed by atoms with Crippen molar-refractivity contribution in [2.24, 2.45) is 0 Å². The molecule has 1 fully saturated rings. The molecule has 4 rings (SSSR count). The van der Waals surface area contributed by atoms with Gasteiger partial charge in [0.05, 0.1) is 12.2 Å². The van der Waals surface area contributed by atoms with Crippen molar-refractivity contribution in [2.75, 3.05) is 0 Å². The first-order chi connectivity index (χ1) is 11.5. The van der Waals surface area contributed by atoms with Gasteiger partial charge in [0, 0.05) is 6.07 Å². The van der Waals surface area contributed by atoms with Crippen molar-refractivity contribution in [3.63, 3.8) is 0 Å². The summed E-state index contributed by atoms with van der Waals surface area (Å²) in [7, 11) is 0. The van der Waals surface area contributed by atoms with E-state index in [1.165, 1.54) is 16.0 Å². The van der Waals surface area contributed by atoms with Gasteiger partial charge < -0.3 is 9.84 Å². The van der Waals surface area contributed by atoms with Crippen LogP contribution in [-0.4, -0.2) is 22.0 Å². The number of urea groups is 1. The van der Waals surface area contributed by atoms with Gasteiger partial charge in [-0.2, -0.15) is 0 Å². The van der Waals surface area contributed by atoms with Crippen molar-refractivity contribution in [2.45, 2.75) is 45.2 Å². The fourth-order valence-corrected chi connectivity index (χ4v) is 3.57. The van der Waals surface area contributed by atoms with Gasteiger partial charge in [0.1, 0.15) is 5.54 Å². The minimum Gasteiger partial charge on any atom is -0.359 e. The van der Waals surface area contributed by atoms with Crippen molar-refractivity contribution < 1.29 is 14.1 Å². The van der Waals surface area contributed by atoms with Crippen LogP contribution in [0.2, 0.25) is 0 Å². The van der Waals surface area contributed by atoms with Crippen molar-refractivity contribution >= 4 is 11.9 Å². The first-order valence-electron chi connectivity index (χ1n) is 8.16. The summed E-state index contributed by atoms with van der Waals surface area (Å²) in [6.07, 6.45) is 3.26. The second kappa shape index (κ2) is 5.19. The lowest BCUT2D eigenvalue weighted by atomic mass is 9.89. The summed E-state index contributed by atoms with van der Waals surface area (Å²) >= 11 is 0. The number of carbonyl (C=O) groups excluding carboxylic acids is 2. The number of carbonyl (C=O) groups is 2.